The van der Waals surface area contributed by atoms with Crippen LogP contribution in [0.5, 0.6) is 0 Å². The lowest BCUT2D eigenvalue weighted by Gasteiger charge is -2.35. The van der Waals surface area contributed by atoms with Crippen LogP contribution in [0.15, 0.2) is 22.2 Å². The molecule has 94 valence electrons. The van der Waals surface area contributed by atoms with E-state index in [1.165, 1.54) is 6.07 Å². The number of H-pyrrole nitrogens is 1. The minimum Gasteiger partial charge on any atom is -0.381 e. The molecule has 17 heavy (non-hydrogen) atoms. The van der Waals surface area contributed by atoms with Crippen LogP contribution in [0, 0.1) is 5.41 Å². The number of thiol groups is 1. The largest absolute Gasteiger partial charge is 0.381 e. The van der Waals surface area contributed by atoms with Gasteiger partial charge < -0.3 is 9.72 Å². The lowest BCUT2D eigenvalue weighted by atomic mass is 9.84. The highest BCUT2D eigenvalue weighted by Gasteiger charge is 2.31. The predicted octanol–water partition coefficient (Wildman–Crippen LogP) is 1.59. The van der Waals surface area contributed by atoms with Gasteiger partial charge in [-0.15, -0.1) is 0 Å². The van der Waals surface area contributed by atoms with Crippen molar-refractivity contribution in [1.82, 2.24) is 9.97 Å². The van der Waals surface area contributed by atoms with Crippen molar-refractivity contribution in [3.05, 3.63) is 22.6 Å². The fraction of sp³-hybridized carbons (Fsp3) is 0.636. The van der Waals surface area contributed by atoms with Crippen molar-refractivity contribution in [2.24, 2.45) is 5.41 Å². The number of rotatable bonds is 4. The topological polar surface area (TPSA) is 55.0 Å². The fourth-order valence-electron chi connectivity index (χ4n) is 1.80. The van der Waals surface area contributed by atoms with Gasteiger partial charge in [0, 0.05) is 31.2 Å². The maximum Gasteiger partial charge on any atom is 0.251 e. The molecule has 0 saturated carbocycles. The summed E-state index contributed by atoms with van der Waals surface area (Å²) < 4.78 is 5.38. The maximum absolute atomic E-state index is 11.1. The molecule has 4 nitrogen and oxygen atoms in total. The van der Waals surface area contributed by atoms with Crippen LogP contribution in [-0.2, 0) is 4.74 Å². The second-order valence-electron chi connectivity index (χ2n) is 4.30. The molecule has 1 aromatic rings. The molecule has 0 spiro atoms. The number of nitrogens with one attached hydrogen (secondary N) is 1. The summed E-state index contributed by atoms with van der Waals surface area (Å²) in [5.41, 5.74) is 0.106. The summed E-state index contributed by atoms with van der Waals surface area (Å²) in [6.07, 6.45) is 3.60. The smallest absolute Gasteiger partial charge is 0.251 e. The number of aromatic nitrogens is 2. The predicted molar refractivity (Wildman–Crippen MR) is 71.9 cm³/mol. The Labute approximate surface area is 110 Å². The number of nitrogens with zero attached hydrogens (tertiary/aromatic N) is 1. The number of hydrogen-bond acceptors (Lipinski definition) is 5. The number of ether oxygens (including phenoxy) is 1. The molecule has 0 aromatic carbocycles. The van der Waals surface area contributed by atoms with E-state index in [-0.39, 0.29) is 11.0 Å². The summed E-state index contributed by atoms with van der Waals surface area (Å²) in [5.74, 6) is 1.77. The first kappa shape index (κ1) is 13.0. The van der Waals surface area contributed by atoms with E-state index in [0.717, 1.165) is 37.6 Å². The lowest BCUT2D eigenvalue weighted by Crippen LogP contribution is -2.33. The highest BCUT2D eigenvalue weighted by Crippen LogP contribution is 2.36. The molecule has 1 aromatic heterocycles. The van der Waals surface area contributed by atoms with Crippen LogP contribution in [0.3, 0.4) is 0 Å². The Hall–Kier alpha value is -0.460. The summed E-state index contributed by atoms with van der Waals surface area (Å²) in [4.78, 5) is 18.0. The molecule has 2 heterocycles. The fourth-order valence-corrected chi connectivity index (χ4v) is 3.52. The molecule has 1 aliphatic rings. The van der Waals surface area contributed by atoms with Crippen LogP contribution in [-0.4, -0.2) is 34.7 Å². The third-order valence-electron chi connectivity index (χ3n) is 3.05. The van der Waals surface area contributed by atoms with E-state index >= 15 is 0 Å². The zero-order chi connectivity index (χ0) is 12.1. The van der Waals surface area contributed by atoms with Gasteiger partial charge in [-0.25, -0.2) is 4.98 Å². The molecular weight excluding hydrogens is 256 g/mol. The van der Waals surface area contributed by atoms with Gasteiger partial charge in [-0.05, 0) is 24.0 Å². The monoisotopic (exact) mass is 272 g/mol. The standard InChI is InChI=1S/C11H16N2O2S2/c14-9-1-4-12-10(13-9)17-8-11(7-16)2-5-15-6-3-11/h1,4,16H,2-3,5-8H2,(H,12,13,14). The Morgan fingerprint density at radius 2 is 2.29 bits per heavy atom. The van der Waals surface area contributed by atoms with Gasteiger partial charge >= 0.3 is 0 Å². The van der Waals surface area contributed by atoms with Gasteiger partial charge in [0.15, 0.2) is 5.16 Å². The first-order chi connectivity index (χ1) is 8.24. The molecule has 0 amide bonds. The Bertz CT molecular complexity index is 416. The minimum absolute atomic E-state index is 0.102. The highest BCUT2D eigenvalue weighted by atomic mass is 32.2. The molecule has 1 aliphatic heterocycles. The van der Waals surface area contributed by atoms with Gasteiger partial charge in [-0.3, -0.25) is 4.79 Å². The molecule has 6 heteroatoms. The van der Waals surface area contributed by atoms with E-state index in [1.54, 1.807) is 18.0 Å². The van der Waals surface area contributed by atoms with Crippen LogP contribution in [0.4, 0.5) is 0 Å². The van der Waals surface area contributed by atoms with Crippen LogP contribution >= 0.6 is 24.4 Å². The minimum atomic E-state index is -0.102. The Kier molecular flexibility index (Phi) is 4.53. The molecule has 2 rings (SSSR count). The van der Waals surface area contributed by atoms with E-state index in [4.69, 9.17) is 4.74 Å². The van der Waals surface area contributed by atoms with Gasteiger partial charge in [0.05, 0.1) is 0 Å². The number of hydrogen-bond donors (Lipinski definition) is 2. The van der Waals surface area contributed by atoms with Crippen LogP contribution < -0.4 is 5.56 Å². The zero-order valence-corrected chi connectivity index (χ0v) is 11.2. The van der Waals surface area contributed by atoms with Crippen LogP contribution in [0.1, 0.15) is 12.8 Å². The van der Waals surface area contributed by atoms with E-state index in [2.05, 4.69) is 22.6 Å². The van der Waals surface area contributed by atoms with Crippen molar-refractivity contribution in [1.29, 1.82) is 0 Å². The molecule has 0 atom stereocenters. The second-order valence-corrected chi connectivity index (χ2v) is 5.58. The van der Waals surface area contributed by atoms with Crippen molar-refractivity contribution >= 4 is 24.4 Å². The van der Waals surface area contributed by atoms with Crippen molar-refractivity contribution in [2.45, 2.75) is 18.0 Å². The van der Waals surface area contributed by atoms with Gasteiger partial charge in [-0.1, -0.05) is 11.8 Å². The Balaban J connectivity index is 1.98. The van der Waals surface area contributed by atoms with Crippen molar-refractivity contribution < 1.29 is 4.74 Å². The molecule has 0 bridgehead atoms. The van der Waals surface area contributed by atoms with E-state index < -0.39 is 0 Å². The molecule has 1 N–H and O–H groups in total. The van der Waals surface area contributed by atoms with Gasteiger partial charge in [-0.2, -0.15) is 12.6 Å². The van der Waals surface area contributed by atoms with E-state index in [9.17, 15) is 4.79 Å². The third-order valence-corrected chi connectivity index (χ3v) is 4.96. The van der Waals surface area contributed by atoms with E-state index in [0.29, 0.717) is 5.16 Å². The van der Waals surface area contributed by atoms with Crippen LogP contribution in [0.2, 0.25) is 0 Å². The summed E-state index contributed by atoms with van der Waals surface area (Å²) in [7, 11) is 0. The normalized spacial score (nSPS) is 19.1. The lowest BCUT2D eigenvalue weighted by molar-refractivity contribution is 0.0371. The molecular formula is C11H16N2O2S2. The summed E-state index contributed by atoms with van der Waals surface area (Å²) in [6.45, 7) is 1.61. The van der Waals surface area contributed by atoms with Crippen molar-refractivity contribution in [3.8, 4) is 0 Å². The molecule has 0 aliphatic carbocycles. The summed E-state index contributed by atoms with van der Waals surface area (Å²) >= 11 is 6.05. The summed E-state index contributed by atoms with van der Waals surface area (Å²) in [5, 5.41) is 0.685. The molecule has 1 fully saturated rings. The average molecular weight is 272 g/mol. The highest BCUT2D eigenvalue weighted by molar-refractivity contribution is 7.99. The first-order valence-corrected chi connectivity index (χ1v) is 7.23. The number of thioether (sulfide) groups is 1. The Morgan fingerprint density at radius 1 is 1.53 bits per heavy atom. The number of aromatic amines is 1. The molecule has 1 saturated heterocycles. The van der Waals surface area contributed by atoms with Crippen molar-refractivity contribution in [3.63, 3.8) is 0 Å². The molecule has 0 unspecified atom stereocenters. The quantitative estimate of drug-likeness (QED) is 0.496. The SMILES string of the molecule is O=c1ccnc(SCC2(CS)CCOCC2)[nH]1. The van der Waals surface area contributed by atoms with Gasteiger partial charge in [0.1, 0.15) is 0 Å². The van der Waals surface area contributed by atoms with E-state index in [1.807, 2.05) is 0 Å². The maximum atomic E-state index is 11.1. The van der Waals surface area contributed by atoms with Crippen LogP contribution in [0.25, 0.3) is 0 Å². The van der Waals surface area contributed by atoms with Crippen molar-refractivity contribution in [2.75, 3.05) is 24.7 Å². The molecule has 0 radical (unpaired) electrons. The van der Waals surface area contributed by atoms with Gasteiger partial charge in [0.2, 0.25) is 0 Å². The van der Waals surface area contributed by atoms with Gasteiger partial charge in [0.25, 0.3) is 5.56 Å². The second kappa shape index (κ2) is 5.93. The third kappa shape index (κ3) is 3.50. The zero-order valence-electron chi connectivity index (χ0n) is 9.52. The average Bonchev–Trinajstić information content (AvgIpc) is 2.38. The summed E-state index contributed by atoms with van der Waals surface area (Å²) in [6, 6.07) is 1.42. The first-order valence-electron chi connectivity index (χ1n) is 5.61. The Morgan fingerprint density at radius 3 is 2.94 bits per heavy atom.